The number of aliphatic hydroxyl groups is 1. The summed E-state index contributed by atoms with van der Waals surface area (Å²) in [5.74, 6) is 1.67. The van der Waals surface area contributed by atoms with Crippen LogP contribution in [0.5, 0.6) is 0 Å². The van der Waals surface area contributed by atoms with E-state index in [2.05, 4.69) is 31.2 Å². The van der Waals surface area contributed by atoms with Gasteiger partial charge in [0.25, 0.3) is 0 Å². The van der Waals surface area contributed by atoms with Gasteiger partial charge in [-0.25, -0.2) is 9.97 Å². The van der Waals surface area contributed by atoms with Crippen molar-refractivity contribution < 1.29 is 9.84 Å². The van der Waals surface area contributed by atoms with E-state index in [1.807, 2.05) is 24.3 Å². The molecule has 1 aromatic heterocycles. The van der Waals surface area contributed by atoms with Gasteiger partial charge in [-0.2, -0.15) is 0 Å². The van der Waals surface area contributed by atoms with Crippen LogP contribution in [0, 0.1) is 0 Å². The largest absolute Gasteiger partial charge is 0.394 e. The number of ether oxygens (including phenoxy) is 1. The summed E-state index contributed by atoms with van der Waals surface area (Å²) in [6.07, 6.45) is 4.87. The molecule has 30 heavy (non-hydrogen) atoms. The van der Waals surface area contributed by atoms with Crippen molar-refractivity contribution in [2.24, 2.45) is 0 Å². The van der Waals surface area contributed by atoms with E-state index >= 15 is 0 Å². The van der Waals surface area contributed by atoms with E-state index in [1.54, 1.807) is 6.33 Å². The van der Waals surface area contributed by atoms with Crippen molar-refractivity contribution in [2.75, 3.05) is 56.2 Å². The summed E-state index contributed by atoms with van der Waals surface area (Å²) in [6.45, 7) is 5.04. The smallest absolute Gasteiger partial charge is 0.134 e. The molecule has 2 aliphatic rings. The monoisotopic (exact) mass is 431 g/mol. The van der Waals surface area contributed by atoms with E-state index in [0.717, 1.165) is 68.8 Å². The quantitative estimate of drug-likeness (QED) is 0.698. The summed E-state index contributed by atoms with van der Waals surface area (Å²) in [4.78, 5) is 13.5. The van der Waals surface area contributed by atoms with Crippen molar-refractivity contribution in [3.8, 4) is 0 Å². The molecule has 8 heteroatoms. The number of rotatable bonds is 7. The summed E-state index contributed by atoms with van der Waals surface area (Å²) in [6, 6.07) is 10.4. The first-order chi connectivity index (χ1) is 14.7. The van der Waals surface area contributed by atoms with Gasteiger partial charge in [0.2, 0.25) is 0 Å². The number of hydrogen-bond acceptors (Lipinski definition) is 7. The molecule has 2 fully saturated rings. The number of morpholine rings is 1. The molecule has 2 aliphatic heterocycles. The second-order valence-electron chi connectivity index (χ2n) is 7.89. The zero-order valence-corrected chi connectivity index (χ0v) is 18.0. The van der Waals surface area contributed by atoms with E-state index in [0.29, 0.717) is 6.54 Å². The van der Waals surface area contributed by atoms with Gasteiger partial charge in [0.1, 0.15) is 18.0 Å². The van der Waals surface area contributed by atoms with Crippen LogP contribution in [0.4, 0.5) is 11.6 Å². The van der Waals surface area contributed by atoms with Crippen LogP contribution < -0.4 is 10.2 Å². The van der Waals surface area contributed by atoms with E-state index < -0.39 is 0 Å². The maximum atomic E-state index is 9.73. The van der Waals surface area contributed by atoms with Crippen LogP contribution in [0.3, 0.4) is 0 Å². The lowest BCUT2D eigenvalue weighted by atomic mass is 10.0. The summed E-state index contributed by atoms with van der Waals surface area (Å²) < 4.78 is 5.54. The highest BCUT2D eigenvalue weighted by Crippen LogP contribution is 2.27. The van der Waals surface area contributed by atoms with Gasteiger partial charge >= 0.3 is 0 Å². The van der Waals surface area contributed by atoms with Crippen LogP contribution in [0.1, 0.15) is 30.9 Å². The number of hydrogen-bond donors (Lipinski definition) is 2. The maximum absolute atomic E-state index is 9.73. The Labute approximate surface area is 183 Å². The van der Waals surface area contributed by atoms with Crippen molar-refractivity contribution >= 4 is 23.2 Å². The first-order valence-corrected chi connectivity index (χ1v) is 11.1. The lowest BCUT2D eigenvalue weighted by Crippen LogP contribution is -2.42. The molecule has 0 spiro atoms. The first kappa shape index (κ1) is 21.3. The highest BCUT2D eigenvalue weighted by molar-refractivity contribution is 6.30. The highest BCUT2D eigenvalue weighted by atomic mass is 35.5. The normalized spacial score (nSPS) is 21.4. The minimum absolute atomic E-state index is 0.133. The Hall–Kier alpha value is -1.93. The summed E-state index contributed by atoms with van der Waals surface area (Å²) in [7, 11) is 0. The van der Waals surface area contributed by atoms with Crippen molar-refractivity contribution in [3.63, 3.8) is 0 Å². The summed E-state index contributed by atoms with van der Waals surface area (Å²) in [5, 5.41) is 14.0. The van der Waals surface area contributed by atoms with Gasteiger partial charge < -0.3 is 20.1 Å². The number of nitrogens with zero attached hydrogens (tertiary/aromatic N) is 4. The second-order valence-corrected chi connectivity index (χ2v) is 8.32. The van der Waals surface area contributed by atoms with Gasteiger partial charge in [0, 0.05) is 37.3 Å². The molecule has 2 saturated heterocycles. The maximum Gasteiger partial charge on any atom is 0.134 e. The third-order valence-corrected chi connectivity index (χ3v) is 6.22. The molecular weight excluding hydrogens is 402 g/mol. The third kappa shape index (κ3) is 5.21. The fourth-order valence-electron chi connectivity index (χ4n) is 4.35. The average Bonchev–Trinajstić information content (AvgIpc) is 2.80. The number of aromatic nitrogens is 2. The fraction of sp³-hybridized carbons (Fsp3) is 0.545. The van der Waals surface area contributed by atoms with Gasteiger partial charge in [-0.3, -0.25) is 4.90 Å². The Morgan fingerprint density at radius 3 is 2.83 bits per heavy atom. The van der Waals surface area contributed by atoms with E-state index in [4.69, 9.17) is 16.3 Å². The average molecular weight is 432 g/mol. The van der Waals surface area contributed by atoms with E-state index in [9.17, 15) is 5.11 Å². The van der Waals surface area contributed by atoms with Crippen LogP contribution in [0.2, 0.25) is 5.02 Å². The van der Waals surface area contributed by atoms with E-state index in [1.165, 1.54) is 5.56 Å². The Morgan fingerprint density at radius 1 is 1.17 bits per heavy atom. The molecule has 2 aromatic rings. The topological polar surface area (TPSA) is 73.8 Å². The molecule has 0 bridgehead atoms. The lowest BCUT2D eigenvalue weighted by molar-refractivity contribution is 0.0187. The number of nitrogens with one attached hydrogen (secondary N) is 1. The molecule has 0 aliphatic carbocycles. The van der Waals surface area contributed by atoms with Crippen LogP contribution in [-0.2, 0) is 4.74 Å². The second kappa shape index (κ2) is 10.4. The molecule has 1 aromatic carbocycles. The molecule has 2 atom stereocenters. The van der Waals surface area contributed by atoms with Crippen molar-refractivity contribution in [1.29, 1.82) is 0 Å². The molecule has 0 amide bonds. The molecule has 162 valence electrons. The molecular formula is C22H30ClN5O2. The molecule has 3 heterocycles. The van der Waals surface area contributed by atoms with Crippen LogP contribution in [0.25, 0.3) is 0 Å². The first-order valence-electron chi connectivity index (χ1n) is 10.8. The van der Waals surface area contributed by atoms with Crippen LogP contribution in [-0.4, -0.2) is 72.0 Å². The van der Waals surface area contributed by atoms with Gasteiger partial charge in [-0.15, -0.1) is 0 Å². The Bertz CT molecular complexity index is 818. The lowest BCUT2D eigenvalue weighted by Gasteiger charge is -2.36. The number of aliphatic hydroxyl groups excluding tert-OH is 1. The molecule has 0 radical (unpaired) electrons. The Morgan fingerprint density at radius 2 is 2.03 bits per heavy atom. The minimum atomic E-state index is 0.133. The Balaban J connectivity index is 1.49. The molecule has 2 N–H and O–H groups in total. The third-order valence-electron chi connectivity index (χ3n) is 5.98. The number of benzene rings is 1. The molecule has 0 saturated carbocycles. The van der Waals surface area contributed by atoms with Gasteiger partial charge in [0.15, 0.2) is 0 Å². The molecule has 2 unspecified atom stereocenters. The minimum Gasteiger partial charge on any atom is -0.394 e. The van der Waals surface area contributed by atoms with E-state index in [-0.39, 0.29) is 18.7 Å². The highest BCUT2D eigenvalue weighted by Gasteiger charge is 2.25. The van der Waals surface area contributed by atoms with Crippen LogP contribution in [0.15, 0.2) is 36.7 Å². The number of halogens is 1. The van der Waals surface area contributed by atoms with Crippen molar-refractivity contribution in [1.82, 2.24) is 14.9 Å². The number of piperidine rings is 1. The predicted molar refractivity (Wildman–Crippen MR) is 119 cm³/mol. The Kier molecular flexibility index (Phi) is 7.38. The zero-order valence-electron chi connectivity index (χ0n) is 17.2. The predicted octanol–water partition coefficient (Wildman–Crippen LogP) is 2.97. The van der Waals surface area contributed by atoms with Crippen molar-refractivity contribution in [3.05, 3.63) is 47.2 Å². The number of anilines is 2. The summed E-state index contributed by atoms with van der Waals surface area (Å²) in [5.41, 5.74) is 1.18. The van der Waals surface area contributed by atoms with Gasteiger partial charge in [-0.1, -0.05) is 23.7 Å². The van der Waals surface area contributed by atoms with Gasteiger partial charge in [-0.05, 0) is 37.0 Å². The molecule has 4 rings (SSSR count). The van der Waals surface area contributed by atoms with Crippen molar-refractivity contribution in [2.45, 2.75) is 31.3 Å². The van der Waals surface area contributed by atoms with Gasteiger partial charge in [0.05, 0.1) is 31.9 Å². The SMILES string of the molecule is OCC1CCCCN1c1cc(NCC(c2cccc(Cl)c2)N2CCOCC2)ncn1. The summed E-state index contributed by atoms with van der Waals surface area (Å²) >= 11 is 6.27. The fourth-order valence-corrected chi connectivity index (χ4v) is 4.55. The zero-order chi connectivity index (χ0) is 20.8. The van der Waals surface area contributed by atoms with Crippen LogP contribution >= 0.6 is 11.6 Å². The molecule has 7 nitrogen and oxygen atoms in total. The standard InChI is InChI=1S/C22H30ClN5O2/c23-18-5-3-4-17(12-18)20(27-8-10-30-11-9-27)14-24-21-13-22(26-16-25-21)28-7-2-1-6-19(28)15-29/h3-5,12-13,16,19-20,29H,1-2,6-11,14-15H2,(H,24,25,26).